The first-order valence-electron chi connectivity index (χ1n) is 14.3. The predicted octanol–water partition coefficient (Wildman–Crippen LogP) is 8.58. The number of nitrogens with zero attached hydrogens (tertiary/aromatic N) is 1. The first kappa shape index (κ1) is 29.7. The first-order chi connectivity index (χ1) is 19.5. The highest BCUT2D eigenvalue weighted by molar-refractivity contribution is 8.45. The Morgan fingerprint density at radius 3 is 1.85 bits per heavy atom. The van der Waals surface area contributed by atoms with Gasteiger partial charge in [0.1, 0.15) is 0 Å². The molecule has 0 radical (unpaired) electrons. The molecular formula is C31H35NO4S4. The smallest absolute Gasteiger partial charge is 0.344 e. The third-order valence-electron chi connectivity index (χ3n) is 7.19. The number of hydrogen-bond acceptors (Lipinski definition) is 8. The van der Waals surface area contributed by atoms with Crippen molar-refractivity contribution in [2.24, 2.45) is 0 Å². The topological polar surface area (TPSA) is 67.6 Å². The van der Waals surface area contributed by atoms with Crippen LogP contribution in [-0.4, -0.2) is 34.8 Å². The minimum atomic E-state index is -0.436. The summed E-state index contributed by atoms with van der Waals surface area (Å²) in [5.41, 5.74) is 1.08. The number of benzene rings is 2. The van der Waals surface area contributed by atoms with Crippen molar-refractivity contribution in [1.29, 1.82) is 0 Å². The maximum atomic E-state index is 13.5. The highest BCUT2D eigenvalue weighted by Gasteiger charge is 2.34. The molecule has 2 amide bonds. The van der Waals surface area contributed by atoms with Crippen molar-refractivity contribution in [1.82, 2.24) is 4.90 Å². The minimum Gasteiger partial charge on any atom is -0.420 e. The molecule has 1 aromatic heterocycles. The van der Waals surface area contributed by atoms with Crippen molar-refractivity contribution < 1.29 is 14.0 Å². The minimum absolute atomic E-state index is 0.277. The van der Waals surface area contributed by atoms with Crippen LogP contribution in [0.2, 0.25) is 0 Å². The van der Waals surface area contributed by atoms with Gasteiger partial charge in [0.25, 0.3) is 11.8 Å². The van der Waals surface area contributed by atoms with Gasteiger partial charge in [0.2, 0.25) is 0 Å². The summed E-state index contributed by atoms with van der Waals surface area (Å²) in [5.74, 6) is 1.57. The van der Waals surface area contributed by atoms with Crippen LogP contribution in [0.5, 0.6) is 0 Å². The van der Waals surface area contributed by atoms with E-state index >= 15 is 0 Å². The van der Waals surface area contributed by atoms with E-state index in [4.69, 9.17) is 4.42 Å². The maximum Gasteiger partial charge on any atom is 0.344 e. The monoisotopic (exact) mass is 613 g/mol. The molecule has 40 heavy (non-hydrogen) atoms. The van der Waals surface area contributed by atoms with Gasteiger partial charge in [-0.1, -0.05) is 76.4 Å². The molecule has 3 heterocycles. The maximum absolute atomic E-state index is 13.5. The van der Waals surface area contributed by atoms with Crippen LogP contribution in [0.3, 0.4) is 0 Å². The van der Waals surface area contributed by atoms with E-state index in [0.717, 1.165) is 72.5 Å². The van der Waals surface area contributed by atoms with Crippen LogP contribution in [0.25, 0.3) is 25.8 Å². The number of amides is 2. The van der Waals surface area contributed by atoms with Crippen molar-refractivity contribution >= 4 is 84.6 Å². The van der Waals surface area contributed by atoms with Gasteiger partial charge in [-0.2, -0.15) is 0 Å². The lowest BCUT2D eigenvalue weighted by Gasteiger charge is -2.27. The summed E-state index contributed by atoms with van der Waals surface area (Å²) in [4.78, 5) is 41.7. The molecule has 0 bridgehead atoms. The van der Waals surface area contributed by atoms with Crippen LogP contribution in [0.4, 0.5) is 0 Å². The fraction of sp³-hybridized carbons (Fsp3) is 0.452. The summed E-state index contributed by atoms with van der Waals surface area (Å²) in [7, 11) is 0. The fourth-order valence-electron chi connectivity index (χ4n) is 5.01. The number of imide groups is 1. The Balaban J connectivity index is 1.59. The van der Waals surface area contributed by atoms with E-state index in [1.165, 1.54) is 13.4 Å². The molecule has 0 atom stereocenters. The van der Waals surface area contributed by atoms with E-state index < -0.39 is 5.63 Å². The van der Waals surface area contributed by atoms with Crippen molar-refractivity contribution in [3.63, 3.8) is 0 Å². The summed E-state index contributed by atoms with van der Waals surface area (Å²) >= 11 is 7.13. The van der Waals surface area contributed by atoms with E-state index in [1.54, 1.807) is 35.7 Å². The zero-order chi connectivity index (χ0) is 28.2. The van der Waals surface area contributed by atoms with E-state index in [9.17, 15) is 14.4 Å². The predicted molar refractivity (Wildman–Crippen MR) is 175 cm³/mol. The molecule has 5 nitrogen and oxygen atoms in total. The largest absolute Gasteiger partial charge is 0.420 e. The normalized spacial score (nSPS) is 15.5. The number of hydrogen-bond donors (Lipinski definition) is 0. The number of rotatable bonds is 13. The molecule has 2 aromatic carbocycles. The lowest BCUT2D eigenvalue weighted by molar-refractivity contribution is 0.0608. The van der Waals surface area contributed by atoms with Crippen molar-refractivity contribution in [3.05, 3.63) is 59.7 Å². The van der Waals surface area contributed by atoms with Gasteiger partial charge in [-0.05, 0) is 55.0 Å². The second-order valence-corrected chi connectivity index (χ2v) is 15.1. The SMILES string of the molecule is CCCCCCN1C(=O)c2ccc3c(=O)oc(=C4SC(SCCCC)=C(SCCCC)S4)c4ccc(c2c34)C1=O. The Labute approximate surface area is 252 Å². The van der Waals surface area contributed by atoms with Crippen molar-refractivity contribution in [2.45, 2.75) is 72.1 Å². The standard InChI is InChI=1S/C31H35NO4S4/c1-4-7-10-11-16-32-26(33)20-13-12-19-23-22(15-14-21(24(20)23)27(32)34)28(35)36-25(19)29-39-30(37-17-8-5-2)31(40-29)38-18-9-6-3/h12-15H,4-11,16-18H2,1-3H3. The zero-order valence-electron chi connectivity index (χ0n) is 23.3. The summed E-state index contributed by atoms with van der Waals surface area (Å²) in [6.07, 6.45) is 8.56. The van der Waals surface area contributed by atoms with Gasteiger partial charge in [0.15, 0.2) is 5.42 Å². The molecule has 3 aromatic rings. The molecule has 0 spiro atoms. The third-order valence-corrected chi connectivity index (χ3v) is 12.9. The molecule has 0 saturated heterocycles. The van der Waals surface area contributed by atoms with Crippen molar-refractivity contribution in [3.8, 4) is 0 Å². The second kappa shape index (κ2) is 13.4. The highest BCUT2D eigenvalue weighted by atomic mass is 32.3. The number of thioether (sulfide) groups is 4. The van der Waals surface area contributed by atoms with Crippen LogP contribution >= 0.6 is 47.0 Å². The van der Waals surface area contributed by atoms with E-state index in [2.05, 4.69) is 20.8 Å². The molecule has 0 N–H and O–H groups in total. The number of carbonyl (C=O) groups excluding carboxylic acids is 2. The summed E-state index contributed by atoms with van der Waals surface area (Å²) in [6.45, 7) is 6.95. The third kappa shape index (κ3) is 5.76. The summed E-state index contributed by atoms with van der Waals surface area (Å²) in [5, 5.41) is 2.43. The summed E-state index contributed by atoms with van der Waals surface area (Å²) in [6, 6.07) is 7.08. The van der Waals surface area contributed by atoms with Gasteiger partial charge in [-0.15, -0.1) is 23.5 Å². The molecule has 5 rings (SSSR count). The molecule has 9 heteroatoms. The van der Waals surface area contributed by atoms with Crippen LogP contribution in [-0.2, 0) is 0 Å². The molecule has 0 fully saturated rings. The molecule has 0 unspecified atom stereocenters. The Bertz CT molecular complexity index is 1550. The molecule has 0 saturated carbocycles. The molecule has 2 aliphatic rings. The summed E-state index contributed by atoms with van der Waals surface area (Å²) < 4.78 is 9.49. The Kier molecular flexibility index (Phi) is 9.97. The number of unbranched alkanes of at least 4 members (excludes halogenated alkanes) is 5. The molecule has 2 aliphatic heterocycles. The van der Waals surface area contributed by atoms with E-state index in [1.807, 2.05) is 35.7 Å². The average molecular weight is 614 g/mol. The Morgan fingerprint density at radius 2 is 1.27 bits per heavy atom. The van der Waals surface area contributed by atoms with Crippen LogP contribution in [0, 0.1) is 0 Å². The average Bonchev–Trinajstić information content (AvgIpc) is 3.36. The van der Waals surface area contributed by atoms with Gasteiger partial charge in [0, 0.05) is 33.8 Å². The van der Waals surface area contributed by atoms with Crippen LogP contribution in [0.1, 0.15) is 92.9 Å². The number of carbonyl (C=O) groups is 2. The van der Waals surface area contributed by atoms with Gasteiger partial charge in [-0.3, -0.25) is 14.5 Å². The Hall–Kier alpha value is -1.81. The van der Waals surface area contributed by atoms with Gasteiger partial charge in [-0.25, -0.2) is 4.79 Å². The second-order valence-electron chi connectivity index (χ2n) is 10.1. The molecule has 0 aliphatic carbocycles. The van der Waals surface area contributed by atoms with E-state index in [-0.39, 0.29) is 11.8 Å². The Morgan fingerprint density at radius 1 is 0.700 bits per heavy atom. The first-order valence-corrected chi connectivity index (χ1v) is 17.9. The zero-order valence-corrected chi connectivity index (χ0v) is 26.6. The molecular weight excluding hydrogens is 579 g/mol. The van der Waals surface area contributed by atoms with Gasteiger partial charge in [0.05, 0.1) is 18.1 Å². The lowest BCUT2D eigenvalue weighted by atomic mass is 9.90. The van der Waals surface area contributed by atoms with Gasteiger partial charge >= 0.3 is 5.63 Å². The van der Waals surface area contributed by atoms with E-state index in [0.29, 0.717) is 39.2 Å². The van der Waals surface area contributed by atoms with Crippen LogP contribution < -0.4 is 11.0 Å². The van der Waals surface area contributed by atoms with Crippen LogP contribution in [0.15, 0.2) is 42.0 Å². The van der Waals surface area contributed by atoms with Crippen molar-refractivity contribution in [2.75, 3.05) is 18.1 Å². The van der Waals surface area contributed by atoms with Gasteiger partial charge < -0.3 is 4.42 Å². The lowest BCUT2D eigenvalue weighted by Crippen LogP contribution is -2.41. The highest BCUT2D eigenvalue weighted by Crippen LogP contribution is 2.58. The quantitative estimate of drug-likeness (QED) is 0.140. The fourth-order valence-corrected chi connectivity index (χ4v) is 11.1. The molecule has 212 valence electrons.